The highest BCUT2D eigenvalue weighted by molar-refractivity contribution is 9.10. The molecule has 0 aliphatic carbocycles. The third-order valence-corrected chi connectivity index (χ3v) is 6.05. The monoisotopic (exact) mass is 473 g/mol. The number of benzene rings is 2. The molecular formula is C22H21BrClN3O2. The van der Waals surface area contributed by atoms with Crippen LogP contribution >= 0.6 is 27.5 Å². The number of carbonyl (C=O) groups excluding carboxylic acids is 2. The van der Waals surface area contributed by atoms with Crippen molar-refractivity contribution < 1.29 is 9.59 Å². The number of aromatic nitrogens is 2. The van der Waals surface area contributed by atoms with Crippen molar-refractivity contribution >= 4 is 39.2 Å². The molecule has 0 bridgehead atoms. The highest BCUT2D eigenvalue weighted by Gasteiger charge is 2.18. The minimum Gasteiger partial charge on any atom is -0.352 e. The van der Waals surface area contributed by atoms with Gasteiger partial charge in [0.05, 0.1) is 15.7 Å². The Labute approximate surface area is 183 Å². The van der Waals surface area contributed by atoms with Crippen LogP contribution < -0.4 is 5.32 Å². The van der Waals surface area contributed by atoms with E-state index in [0.29, 0.717) is 34.8 Å². The van der Waals surface area contributed by atoms with E-state index in [4.69, 9.17) is 11.6 Å². The van der Waals surface area contributed by atoms with E-state index in [1.807, 2.05) is 18.5 Å². The summed E-state index contributed by atoms with van der Waals surface area (Å²) >= 11 is 9.41. The summed E-state index contributed by atoms with van der Waals surface area (Å²) in [6, 6.07) is 13.5. The zero-order chi connectivity index (χ0) is 21.0. The van der Waals surface area contributed by atoms with Crippen LogP contribution in [0, 0.1) is 13.8 Å². The van der Waals surface area contributed by atoms with Gasteiger partial charge in [-0.25, -0.2) is 0 Å². The third-order valence-electron chi connectivity index (χ3n) is 4.65. The van der Waals surface area contributed by atoms with Crippen molar-refractivity contribution in [3.05, 3.63) is 86.1 Å². The van der Waals surface area contributed by atoms with Gasteiger partial charge in [0.1, 0.15) is 0 Å². The van der Waals surface area contributed by atoms with Gasteiger partial charge in [0, 0.05) is 34.9 Å². The lowest BCUT2D eigenvalue weighted by Crippen LogP contribution is -2.27. The first-order valence-corrected chi connectivity index (χ1v) is 10.4. The number of nitrogens with one attached hydrogen (secondary N) is 1. The number of amides is 1. The normalized spacial score (nSPS) is 10.8. The fourth-order valence-corrected chi connectivity index (χ4v) is 3.46. The van der Waals surface area contributed by atoms with Crippen molar-refractivity contribution in [2.75, 3.05) is 6.54 Å². The van der Waals surface area contributed by atoms with Crippen molar-refractivity contribution in [2.24, 2.45) is 0 Å². The summed E-state index contributed by atoms with van der Waals surface area (Å²) in [7, 11) is 0. The molecule has 150 valence electrons. The molecule has 7 heteroatoms. The van der Waals surface area contributed by atoms with E-state index in [2.05, 4.69) is 26.3 Å². The Morgan fingerprint density at radius 2 is 1.72 bits per heavy atom. The predicted octanol–water partition coefficient (Wildman–Crippen LogP) is 4.97. The van der Waals surface area contributed by atoms with Gasteiger partial charge in [-0.2, -0.15) is 5.10 Å². The van der Waals surface area contributed by atoms with E-state index in [0.717, 1.165) is 22.3 Å². The van der Waals surface area contributed by atoms with E-state index in [9.17, 15) is 9.59 Å². The first-order chi connectivity index (χ1) is 13.9. The van der Waals surface area contributed by atoms with E-state index in [1.165, 1.54) is 0 Å². The lowest BCUT2D eigenvalue weighted by atomic mass is 9.98. The fraction of sp³-hybridized carbons (Fsp3) is 0.227. The van der Waals surface area contributed by atoms with Crippen LogP contribution in [0.25, 0.3) is 0 Å². The average molecular weight is 475 g/mol. The summed E-state index contributed by atoms with van der Waals surface area (Å²) in [6.07, 6.45) is 0.730. The fourth-order valence-electron chi connectivity index (χ4n) is 3.05. The summed E-state index contributed by atoms with van der Waals surface area (Å²) in [4.78, 5) is 25.5. The molecule has 0 aliphatic rings. The molecule has 2 aromatic carbocycles. The lowest BCUT2D eigenvalue weighted by Gasteiger charge is -2.10. The average Bonchev–Trinajstić information content (AvgIpc) is 2.97. The zero-order valence-electron chi connectivity index (χ0n) is 16.2. The molecule has 1 aromatic heterocycles. The van der Waals surface area contributed by atoms with Gasteiger partial charge in [-0.3, -0.25) is 14.3 Å². The summed E-state index contributed by atoms with van der Waals surface area (Å²) in [5, 5.41) is 7.92. The van der Waals surface area contributed by atoms with Gasteiger partial charge in [0.15, 0.2) is 5.78 Å². The Morgan fingerprint density at radius 1 is 1.07 bits per heavy atom. The minimum absolute atomic E-state index is 0.208. The lowest BCUT2D eigenvalue weighted by molar-refractivity contribution is 0.0941. The summed E-state index contributed by atoms with van der Waals surface area (Å²) in [5.41, 5.74) is 3.23. The standard InChI is InChI=1S/C22H21BrClN3O2/c1-14-20(23)15(2)27(26-14)13-5-12-25-22(29)19-7-4-3-6-18(19)21(28)16-8-10-17(24)11-9-16/h3-4,6-11H,5,12-13H2,1-2H3,(H,25,29). The van der Waals surface area contributed by atoms with E-state index < -0.39 is 0 Å². The van der Waals surface area contributed by atoms with Crippen LogP contribution in [0.15, 0.2) is 53.0 Å². The van der Waals surface area contributed by atoms with Gasteiger partial charge in [-0.05, 0) is 66.5 Å². The minimum atomic E-state index is -0.266. The van der Waals surface area contributed by atoms with Gasteiger partial charge < -0.3 is 5.32 Å². The number of hydrogen-bond acceptors (Lipinski definition) is 3. The van der Waals surface area contributed by atoms with Crippen LogP contribution in [0.4, 0.5) is 0 Å². The number of halogens is 2. The second kappa shape index (κ2) is 9.37. The smallest absolute Gasteiger partial charge is 0.252 e. The van der Waals surface area contributed by atoms with Crippen LogP contribution in [0.3, 0.4) is 0 Å². The molecule has 3 aromatic rings. The molecule has 0 saturated carbocycles. The number of carbonyl (C=O) groups is 2. The molecule has 3 rings (SSSR count). The van der Waals surface area contributed by atoms with Crippen LogP contribution in [-0.4, -0.2) is 28.0 Å². The van der Waals surface area contributed by atoms with Crippen LogP contribution in [0.5, 0.6) is 0 Å². The van der Waals surface area contributed by atoms with Crippen molar-refractivity contribution in [1.29, 1.82) is 0 Å². The van der Waals surface area contributed by atoms with Crippen molar-refractivity contribution in [1.82, 2.24) is 15.1 Å². The Hall–Kier alpha value is -2.44. The molecule has 0 fully saturated rings. The number of nitrogens with zero attached hydrogens (tertiary/aromatic N) is 2. The molecule has 0 radical (unpaired) electrons. The van der Waals surface area contributed by atoms with Crippen LogP contribution in [-0.2, 0) is 6.54 Å². The maximum atomic E-state index is 12.8. The van der Waals surface area contributed by atoms with Gasteiger partial charge >= 0.3 is 0 Å². The Kier molecular flexibility index (Phi) is 6.87. The number of aryl methyl sites for hydroxylation is 2. The topological polar surface area (TPSA) is 64.0 Å². The molecule has 0 saturated heterocycles. The SMILES string of the molecule is Cc1nn(CCCNC(=O)c2ccccc2C(=O)c2ccc(Cl)cc2)c(C)c1Br. The van der Waals surface area contributed by atoms with Crippen molar-refractivity contribution in [3.63, 3.8) is 0 Å². The number of rotatable bonds is 7. The summed E-state index contributed by atoms with van der Waals surface area (Å²) in [6.45, 7) is 5.13. The second-order valence-electron chi connectivity index (χ2n) is 6.70. The maximum Gasteiger partial charge on any atom is 0.252 e. The Morgan fingerprint density at radius 3 is 2.34 bits per heavy atom. The highest BCUT2D eigenvalue weighted by atomic mass is 79.9. The van der Waals surface area contributed by atoms with Crippen molar-refractivity contribution in [2.45, 2.75) is 26.8 Å². The van der Waals surface area contributed by atoms with Gasteiger partial charge in [0.2, 0.25) is 0 Å². The van der Waals surface area contributed by atoms with E-state index in [-0.39, 0.29) is 11.7 Å². The molecule has 0 atom stereocenters. The Balaban J connectivity index is 1.64. The largest absolute Gasteiger partial charge is 0.352 e. The quantitative estimate of drug-likeness (QED) is 0.388. The van der Waals surface area contributed by atoms with Crippen molar-refractivity contribution in [3.8, 4) is 0 Å². The second-order valence-corrected chi connectivity index (χ2v) is 7.93. The predicted molar refractivity (Wildman–Crippen MR) is 118 cm³/mol. The van der Waals surface area contributed by atoms with E-state index in [1.54, 1.807) is 48.5 Å². The molecule has 0 aliphatic heterocycles. The summed E-state index contributed by atoms with van der Waals surface area (Å²) in [5.74, 6) is -0.475. The molecule has 1 N–H and O–H groups in total. The number of hydrogen-bond donors (Lipinski definition) is 1. The molecule has 5 nitrogen and oxygen atoms in total. The zero-order valence-corrected chi connectivity index (χ0v) is 18.5. The molecular weight excluding hydrogens is 454 g/mol. The first-order valence-electron chi connectivity index (χ1n) is 9.25. The highest BCUT2D eigenvalue weighted by Crippen LogP contribution is 2.20. The summed E-state index contributed by atoms with van der Waals surface area (Å²) < 4.78 is 2.93. The molecule has 0 spiro atoms. The Bertz CT molecular complexity index is 1040. The molecule has 1 heterocycles. The van der Waals surface area contributed by atoms with Gasteiger partial charge in [-0.1, -0.05) is 29.8 Å². The number of ketones is 1. The van der Waals surface area contributed by atoms with E-state index >= 15 is 0 Å². The molecule has 1 amide bonds. The van der Waals surface area contributed by atoms with Gasteiger partial charge in [-0.15, -0.1) is 0 Å². The first kappa shape index (κ1) is 21.3. The molecule has 29 heavy (non-hydrogen) atoms. The third kappa shape index (κ3) is 4.95. The van der Waals surface area contributed by atoms with Crippen LogP contribution in [0.1, 0.15) is 44.1 Å². The van der Waals surface area contributed by atoms with Crippen LogP contribution in [0.2, 0.25) is 5.02 Å². The van der Waals surface area contributed by atoms with Gasteiger partial charge in [0.25, 0.3) is 5.91 Å². The molecule has 0 unspecified atom stereocenters. The maximum absolute atomic E-state index is 12.8.